The third-order valence-electron chi connectivity index (χ3n) is 5.84. The molecule has 3 aromatic rings. The maximum Gasteiger partial charge on any atom is 0.300 e. The number of rotatable bonds is 7. The van der Waals surface area contributed by atoms with Crippen LogP contribution in [0.25, 0.3) is 5.76 Å². The minimum atomic E-state index is -0.816. The molecule has 0 spiro atoms. The van der Waals surface area contributed by atoms with Gasteiger partial charge in [0.25, 0.3) is 11.7 Å². The lowest BCUT2D eigenvalue weighted by atomic mass is 9.95. The molecule has 35 heavy (non-hydrogen) atoms. The average molecular weight is 472 g/mol. The highest BCUT2D eigenvalue weighted by Crippen LogP contribution is 2.43. The largest absolute Gasteiger partial charge is 0.507 e. The fourth-order valence-corrected chi connectivity index (χ4v) is 4.13. The number of hydrogen-bond acceptors (Lipinski definition) is 5. The Balaban J connectivity index is 1.84. The van der Waals surface area contributed by atoms with Crippen LogP contribution in [0, 0.1) is 12.8 Å². The summed E-state index contributed by atoms with van der Waals surface area (Å²) in [5.74, 6) is -0.0344. The normalized spacial score (nSPS) is 17.2. The van der Waals surface area contributed by atoms with E-state index in [1.165, 1.54) is 4.90 Å². The lowest BCUT2D eigenvalue weighted by Crippen LogP contribution is -2.29. The van der Waals surface area contributed by atoms with E-state index >= 15 is 0 Å². The van der Waals surface area contributed by atoms with Crippen molar-refractivity contribution >= 4 is 23.1 Å². The molecule has 1 fully saturated rings. The van der Waals surface area contributed by atoms with Gasteiger partial charge in [0.15, 0.2) is 0 Å². The van der Waals surface area contributed by atoms with Gasteiger partial charge < -0.3 is 14.6 Å². The lowest BCUT2D eigenvalue weighted by Gasteiger charge is -2.26. The summed E-state index contributed by atoms with van der Waals surface area (Å²) in [5.41, 5.74) is 2.64. The van der Waals surface area contributed by atoms with Crippen LogP contribution in [0.5, 0.6) is 11.5 Å². The first-order valence-electron chi connectivity index (χ1n) is 11.5. The number of anilines is 1. The number of amides is 1. The van der Waals surface area contributed by atoms with Gasteiger partial charge in [-0.05, 0) is 72.5 Å². The van der Waals surface area contributed by atoms with E-state index in [0.29, 0.717) is 40.8 Å². The molecule has 1 unspecified atom stereocenters. The van der Waals surface area contributed by atoms with Crippen molar-refractivity contribution in [3.8, 4) is 11.5 Å². The van der Waals surface area contributed by atoms with E-state index in [-0.39, 0.29) is 11.3 Å². The third kappa shape index (κ3) is 4.92. The van der Waals surface area contributed by atoms with Crippen molar-refractivity contribution in [2.24, 2.45) is 5.92 Å². The number of benzene rings is 3. The van der Waals surface area contributed by atoms with E-state index in [4.69, 9.17) is 9.47 Å². The van der Waals surface area contributed by atoms with Crippen LogP contribution in [0.1, 0.15) is 36.6 Å². The number of carbonyl (C=O) groups excluding carboxylic acids is 2. The predicted octanol–water partition coefficient (Wildman–Crippen LogP) is 5.66. The summed E-state index contributed by atoms with van der Waals surface area (Å²) in [4.78, 5) is 28.0. The minimum Gasteiger partial charge on any atom is -0.507 e. The number of Topliss-reactive ketones (excluding diaryl/α,β-unsaturated/α-hetero) is 1. The molecule has 6 heteroatoms. The first kappa shape index (κ1) is 24.1. The number of ether oxygens (including phenoxy) is 2. The van der Waals surface area contributed by atoms with Crippen LogP contribution in [0.2, 0.25) is 0 Å². The third-order valence-corrected chi connectivity index (χ3v) is 5.84. The highest BCUT2D eigenvalue weighted by molar-refractivity contribution is 6.51. The van der Waals surface area contributed by atoms with Gasteiger partial charge >= 0.3 is 0 Å². The number of methoxy groups -OCH3 is 1. The maximum atomic E-state index is 13.3. The Kier molecular flexibility index (Phi) is 6.92. The Morgan fingerprint density at radius 1 is 0.971 bits per heavy atom. The van der Waals surface area contributed by atoms with Gasteiger partial charge in [0.2, 0.25) is 0 Å². The van der Waals surface area contributed by atoms with Gasteiger partial charge in [-0.2, -0.15) is 0 Å². The molecule has 180 valence electrons. The van der Waals surface area contributed by atoms with E-state index in [2.05, 4.69) is 13.8 Å². The van der Waals surface area contributed by atoms with E-state index in [1.807, 2.05) is 31.2 Å². The van der Waals surface area contributed by atoms with Gasteiger partial charge in [0.05, 0.1) is 25.3 Å². The Bertz CT molecular complexity index is 1280. The van der Waals surface area contributed by atoms with Crippen LogP contribution in [0.15, 0.2) is 78.4 Å². The van der Waals surface area contributed by atoms with Gasteiger partial charge in [-0.1, -0.05) is 38.1 Å². The number of aliphatic hydroxyl groups excluding tert-OH is 1. The molecule has 1 amide bonds. The molecule has 1 saturated heterocycles. The molecule has 3 aromatic carbocycles. The Morgan fingerprint density at radius 3 is 2.34 bits per heavy atom. The van der Waals surface area contributed by atoms with Gasteiger partial charge in [0.1, 0.15) is 17.3 Å². The summed E-state index contributed by atoms with van der Waals surface area (Å²) < 4.78 is 11.1. The van der Waals surface area contributed by atoms with Crippen LogP contribution in [-0.4, -0.2) is 30.5 Å². The first-order chi connectivity index (χ1) is 16.8. The lowest BCUT2D eigenvalue weighted by molar-refractivity contribution is -0.132. The van der Waals surface area contributed by atoms with Crippen molar-refractivity contribution in [2.75, 3.05) is 18.6 Å². The molecule has 1 aliphatic rings. The summed E-state index contributed by atoms with van der Waals surface area (Å²) >= 11 is 0. The summed E-state index contributed by atoms with van der Waals surface area (Å²) in [6.45, 7) is 6.62. The summed E-state index contributed by atoms with van der Waals surface area (Å²) in [5, 5.41) is 11.3. The Labute approximate surface area is 205 Å². The second-order valence-electron chi connectivity index (χ2n) is 9.01. The topological polar surface area (TPSA) is 76.1 Å². The number of aliphatic hydroxyl groups is 1. The maximum absolute atomic E-state index is 13.3. The van der Waals surface area contributed by atoms with Gasteiger partial charge in [0, 0.05) is 11.3 Å². The zero-order chi connectivity index (χ0) is 25.1. The smallest absolute Gasteiger partial charge is 0.300 e. The fourth-order valence-electron chi connectivity index (χ4n) is 4.13. The van der Waals surface area contributed by atoms with Crippen molar-refractivity contribution < 1.29 is 24.2 Å². The molecule has 1 aliphatic heterocycles. The standard InChI is InChI=1S/C29H29NO5/c1-18(2)17-35-23-13-11-20(12-14-23)27(31)25-26(21-8-6-10-24(16-21)34-4)30(29(33)28(25)32)22-9-5-7-19(3)15-22/h5-16,18,26,31H,17H2,1-4H3/b27-25+. The molecule has 4 rings (SSSR count). The van der Waals surface area contributed by atoms with E-state index in [1.54, 1.807) is 55.6 Å². The molecule has 0 aliphatic carbocycles. The summed E-state index contributed by atoms with van der Waals surface area (Å²) in [7, 11) is 1.56. The monoisotopic (exact) mass is 471 g/mol. The molecule has 1 heterocycles. The van der Waals surface area contributed by atoms with E-state index in [0.717, 1.165) is 5.56 Å². The molecule has 0 bridgehead atoms. The second kappa shape index (κ2) is 10.1. The van der Waals surface area contributed by atoms with Gasteiger partial charge in [-0.25, -0.2) is 0 Å². The molecule has 0 radical (unpaired) electrons. The van der Waals surface area contributed by atoms with Crippen LogP contribution in [0.4, 0.5) is 5.69 Å². The van der Waals surface area contributed by atoms with Gasteiger partial charge in [-0.15, -0.1) is 0 Å². The number of aryl methyl sites for hydroxylation is 1. The highest BCUT2D eigenvalue weighted by atomic mass is 16.5. The van der Waals surface area contributed by atoms with Crippen molar-refractivity contribution in [1.29, 1.82) is 0 Å². The molecule has 1 atom stereocenters. The number of hydrogen-bond donors (Lipinski definition) is 1. The Morgan fingerprint density at radius 2 is 1.69 bits per heavy atom. The highest BCUT2D eigenvalue weighted by Gasteiger charge is 2.47. The van der Waals surface area contributed by atoms with Crippen LogP contribution in [-0.2, 0) is 9.59 Å². The zero-order valence-corrected chi connectivity index (χ0v) is 20.3. The van der Waals surface area contributed by atoms with Crippen molar-refractivity contribution in [2.45, 2.75) is 26.8 Å². The number of nitrogens with zero attached hydrogens (tertiary/aromatic N) is 1. The quantitative estimate of drug-likeness (QED) is 0.273. The fraction of sp³-hybridized carbons (Fsp3) is 0.241. The molecule has 0 saturated carbocycles. The molecule has 0 aromatic heterocycles. The van der Waals surface area contributed by atoms with Crippen LogP contribution < -0.4 is 14.4 Å². The average Bonchev–Trinajstić information content (AvgIpc) is 3.13. The van der Waals surface area contributed by atoms with Crippen LogP contribution >= 0.6 is 0 Å². The SMILES string of the molecule is COc1cccc(C2/C(=C(\O)c3ccc(OCC(C)C)cc3)C(=O)C(=O)N2c2cccc(C)c2)c1. The minimum absolute atomic E-state index is 0.0283. The molecule has 6 nitrogen and oxygen atoms in total. The van der Waals surface area contributed by atoms with E-state index < -0.39 is 17.7 Å². The molecule has 1 N–H and O–H groups in total. The summed E-state index contributed by atoms with van der Waals surface area (Å²) in [6.07, 6.45) is 0. The second-order valence-corrected chi connectivity index (χ2v) is 9.01. The summed E-state index contributed by atoms with van der Waals surface area (Å²) in [6, 6.07) is 20.6. The predicted molar refractivity (Wildman–Crippen MR) is 136 cm³/mol. The Hall–Kier alpha value is -4.06. The zero-order valence-electron chi connectivity index (χ0n) is 20.3. The van der Waals surface area contributed by atoms with Crippen molar-refractivity contribution in [3.63, 3.8) is 0 Å². The van der Waals surface area contributed by atoms with Crippen molar-refractivity contribution in [1.82, 2.24) is 0 Å². The van der Waals surface area contributed by atoms with E-state index in [9.17, 15) is 14.7 Å². The first-order valence-corrected chi connectivity index (χ1v) is 11.5. The van der Waals surface area contributed by atoms with Gasteiger partial charge in [-0.3, -0.25) is 14.5 Å². The number of carbonyl (C=O) groups is 2. The molecular weight excluding hydrogens is 442 g/mol. The number of ketones is 1. The molecular formula is C29H29NO5. The van der Waals surface area contributed by atoms with Crippen LogP contribution in [0.3, 0.4) is 0 Å². The van der Waals surface area contributed by atoms with Crippen molar-refractivity contribution in [3.05, 3.63) is 95.1 Å².